The zero-order chi connectivity index (χ0) is 14.4. The van der Waals surface area contributed by atoms with Crippen molar-refractivity contribution >= 4 is 11.9 Å². The van der Waals surface area contributed by atoms with Gasteiger partial charge >= 0.3 is 5.97 Å². The van der Waals surface area contributed by atoms with E-state index in [0.717, 1.165) is 5.56 Å². The van der Waals surface area contributed by atoms with Crippen LogP contribution in [0.25, 0.3) is 0 Å². The Balaban J connectivity index is 2.50. The average Bonchev–Trinajstić information content (AvgIpc) is 2.38. The Labute approximate surface area is 112 Å². The Kier molecular flexibility index (Phi) is 5.51. The first-order valence-corrected chi connectivity index (χ1v) is 6.24. The van der Waals surface area contributed by atoms with Gasteiger partial charge in [0, 0.05) is 18.5 Å². The van der Waals surface area contributed by atoms with E-state index in [0.29, 0.717) is 0 Å². The van der Waals surface area contributed by atoms with Gasteiger partial charge in [0.2, 0.25) is 5.91 Å². The van der Waals surface area contributed by atoms with Crippen molar-refractivity contribution in [3.63, 3.8) is 0 Å². The van der Waals surface area contributed by atoms with E-state index in [1.54, 1.807) is 13.8 Å². The van der Waals surface area contributed by atoms with Gasteiger partial charge in [0.1, 0.15) is 0 Å². The van der Waals surface area contributed by atoms with Crippen LogP contribution in [0.15, 0.2) is 30.3 Å². The second-order valence-corrected chi connectivity index (χ2v) is 4.70. The van der Waals surface area contributed by atoms with E-state index >= 15 is 0 Å². The third-order valence-corrected chi connectivity index (χ3v) is 3.16. The van der Waals surface area contributed by atoms with Crippen LogP contribution in [0.5, 0.6) is 0 Å². The van der Waals surface area contributed by atoms with Crippen LogP contribution >= 0.6 is 0 Å². The van der Waals surface area contributed by atoms with E-state index in [1.165, 1.54) is 0 Å². The lowest BCUT2D eigenvalue weighted by molar-refractivity contribution is -0.142. The number of aliphatic carboxylic acids is 1. The zero-order valence-electron chi connectivity index (χ0n) is 11.2. The average molecular weight is 264 g/mol. The fourth-order valence-corrected chi connectivity index (χ4v) is 1.67. The monoisotopic (exact) mass is 264 g/mol. The van der Waals surface area contributed by atoms with Crippen molar-refractivity contribution in [2.45, 2.75) is 32.4 Å². The molecule has 5 nitrogen and oxygen atoms in total. The maximum atomic E-state index is 11.8. The molecule has 19 heavy (non-hydrogen) atoms. The standard InChI is InChI=1S/C14H20N2O3/c1-9(14(18)19)10(2)16-13(17)8-12(15)11-6-4-3-5-7-11/h3-7,9-10,12H,8,15H2,1-2H3,(H,16,17)(H,18,19). The first kappa shape index (κ1) is 15.2. The maximum absolute atomic E-state index is 11.8. The van der Waals surface area contributed by atoms with Crippen LogP contribution in [0.3, 0.4) is 0 Å². The Morgan fingerprint density at radius 2 is 1.84 bits per heavy atom. The highest BCUT2D eigenvalue weighted by Crippen LogP contribution is 2.13. The molecule has 0 aliphatic carbocycles. The number of carboxylic acid groups (broad SMARTS) is 1. The summed E-state index contributed by atoms with van der Waals surface area (Å²) in [6.07, 6.45) is 0.140. The molecule has 0 saturated carbocycles. The molecule has 3 unspecified atom stereocenters. The second kappa shape index (κ2) is 6.89. The highest BCUT2D eigenvalue weighted by Gasteiger charge is 2.21. The minimum absolute atomic E-state index is 0.140. The van der Waals surface area contributed by atoms with E-state index in [1.807, 2.05) is 30.3 Å². The molecular weight excluding hydrogens is 244 g/mol. The topological polar surface area (TPSA) is 92.4 Å². The van der Waals surface area contributed by atoms with Crippen LogP contribution in [-0.4, -0.2) is 23.0 Å². The van der Waals surface area contributed by atoms with E-state index in [-0.39, 0.29) is 18.4 Å². The summed E-state index contributed by atoms with van der Waals surface area (Å²) >= 11 is 0. The van der Waals surface area contributed by atoms with Gasteiger partial charge in [-0.1, -0.05) is 30.3 Å². The Morgan fingerprint density at radius 1 is 1.26 bits per heavy atom. The van der Waals surface area contributed by atoms with Gasteiger partial charge in [-0.15, -0.1) is 0 Å². The van der Waals surface area contributed by atoms with Crippen molar-refractivity contribution in [1.29, 1.82) is 0 Å². The number of carbonyl (C=O) groups is 2. The van der Waals surface area contributed by atoms with Crippen molar-refractivity contribution in [2.24, 2.45) is 11.7 Å². The largest absolute Gasteiger partial charge is 0.481 e. The summed E-state index contributed by atoms with van der Waals surface area (Å²) < 4.78 is 0. The summed E-state index contributed by atoms with van der Waals surface area (Å²) in [5.74, 6) is -1.80. The van der Waals surface area contributed by atoms with Crippen LogP contribution in [0.1, 0.15) is 31.9 Å². The van der Waals surface area contributed by atoms with E-state index in [2.05, 4.69) is 5.32 Å². The van der Waals surface area contributed by atoms with Crippen molar-refractivity contribution in [3.8, 4) is 0 Å². The number of benzene rings is 1. The van der Waals surface area contributed by atoms with E-state index in [4.69, 9.17) is 10.8 Å². The number of amides is 1. The van der Waals surface area contributed by atoms with Gasteiger partial charge in [-0.2, -0.15) is 0 Å². The first-order valence-electron chi connectivity index (χ1n) is 6.24. The zero-order valence-corrected chi connectivity index (χ0v) is 11.2. The molecule has 0 bridgehead atoms. The van der Waals surface area contributed by atoms with Gasteiger partial charge in [0.05, 0.1) is 5.92 Å². The maximum Gasteiger partial charge on any atom is 0.308 e. The van der Waals surface area contributed by atoms with E-state index in [9.17, 15) is 9.59 Å². The molecule has 0 aliphatic heterocycles. The minimum atomic E-state index is -0.930. The summed E-state index contributed by atoms with van der Waals surface area (Å²) in [7, 11) is 0. The van der Waals surface area contributed by atoms with Crippen LogP contribution < -0.4 is 11.1 Å². The lowest BCUT2D eigenvalue weighted by atomic mass is 10.0. The number of carbonyl (C=O) groups excluding carboxylic acids is 1. The molecule has 0 heterocycles. The van der Waals surface area contributed by atoms with Crippen molar-refractivity contribution < 1.29 is 14.7 Å². The summed E-state index contributed by atoms with van der Waals surface area (Å²) in [6.45, 7) is 3.23. The van der Waals surface area contributed by atoms with Crippen LogP contribution in [0, 0.1) is 5.92 Å². The fraction of sp³-hybridized carbons (Fsp3) is 0.429. The predicted molar refractivity (Wildman–Crippen MR) is 72.4 cm³/mol. The SMILES string of the molecule is CC(NC(=O)CC(N)c1ccccc1)C(C)C(=O)O. The quantitative estimate of drug-likeness (QED) is 0.722. The third kappa shape index (κ3) is 4.71. The molecule has 0 saturated heterocycles. The summed E-state index contributed by atoms with van der Waals surface area (Å²) in [5.41, 5.74) is 6.82. The molecule has 5 heteroatoms. The van der Waals surface area contributed by atoms with Crippen LogP contribution in [0.4, 0.5) is 0 Å². The van der Waals surface area contributed by atoms with Crippen molar-refractivity contribution in [1.82, 2.24) is 5.32 Å². The van der Waals surface area contributed by atoms with Gasteiger partial charge in [-0.3, -0.25) is 9.59 Å². The molecule has 1 rings (SSSR count). The number of nitrogens with two attached hydrogens (primary N) is 1. The summed E-state index contributed by atoms with van der Waals surface area (Å²) in [4.78, 5) is 22.6. The molecule has 1 aromatic rings. The third-order valence-electron chi connectivity index (χ3n) is 3.16. The Morgan fingerprint density at radius 3 is 2.37 bits per heavy atom. The lowest BCUT2D eigenvalue weighted by Gasteiger charge is -2.19. The molecule has 0 spiro atoms. The lowest BCUT2D eigenvalue weighted by Crippen LogP contribution is -2.41. The smallest absolute Gasteiger partial charge is 0.308 e. The molecule has 4 N–H and O–H groups in total. The van der Waals surface area contributed by atoms with Crippen molar-refractivity contribution in [2.75, 3.05) is 0 Å². The number of hydrogen-bond acceptors (Lipinski definition) is 3. The van der Waals surface area contributed by atoms with Gasteiger partial charge < -0.3 is 16.2 Å². The molecule has 0 aromatic heterocycles. The molecule has 104 valence electrons. The molecular formula is C14H20N2O3. The predicted octanol–water partition coefficient (Wildman–Crippen LogP) is 1.30. The summed E-state index contributed by atoms with van der Waals surface area (Å²) in [5, 5.41) is 11.5. The van der Waals surface area contributed by atoms with E-state index < -0.39 is 17.9 Å². The van der Waals surface area contributed by atoms with Gasteiger partial charge in [0.15, 0.2) is 0 Å². The molecule has 0 radical (unpaired) electrons. The molecule has 1 aromatic carbocycles. The van der Waals surface area contributed by atoms with Crippen LogP contribution in [0.2, 0.25) is 0 Å². The summed E-state index contributed by atoms with van der Waals surface area (Å²) in [6, 6.07) is 8.53. The normalized spacial score (nSPS) is 15.3. The highest BCUT2D eigenvalue weighted by molar-refractivity contribution is 5.78. The molecule has 3 atom stereocenters. The Bertz CT molecular complexity index is 434. The van der Waals surface area contributed by atoms with Gasteiger partial charge in [0.25, 0.3) is 0 Å². The van der Waals surface area contributed by atoms with Crippen molar-refractivity contribution in [3.05, 3.63) is 35.9 Å². The van der Waals surface area contributed by atoms with Crippen LogP contribution in [-0.2, 0) is 9.59 Å². The second-order valence-electron chi connectivity index (χ2n) is 4.70. The fourth-order valence-electron chi connectivity index (χ4n) is 1.67. The Hall–Kier alpha value is -1.88. The number of hydrogen-bond donors (Lipinski definition) is 3. The number of rotatable bonds is 6. The molecule has 0 fully saturated rings. The molecule has 1 amide bonds. The first-order chi connectivity index (χ1) is 8.91. The minimum Gasteiger partial charge on any atom is -0.481 e. The highest BCUT2D eigenvalue weighted by atomic mass is 16.4. The number of nitrogens with one attached hydrogen (secondary N) is 1. The van der Waals surface area contributed by atoms with Gasteiger partial charge in [-0.05, 0) is 19.4 Å². The molecule has 0 aliphatic rings. The van der Waals surface area contributed by atoms with Gasteiger partial charge in [-0.25, -0.2) is 0 Å². The number of carboxylic acids is 1.